The van der Waals surface area contributed by atoms with Crippen LogP contribution in [0.4, 0.5) is 0 Å². The van der Waals surface area contributed by atoms with Gasteiger partial charge in [-0.3, -0.25) is 0 Å². The lowest BCUT2D eigenvalue weighted by Gasteiger charge is -2.17. The summed E-state index contributed by atoms with van der Waals surface area (Å²) >= 11 is 0. The first kappa shape index (κ1) is 16.2. The summed E-state index contributed by atoms with van der Waals surface area (Å²) in [5.74, 6) is 0. The molecule has 0 aromatic heterocycles. The maximum absolute atomic E-state index is 12.5. The van der Waals surface area contributed by atoms with Crippen LogP contribution in [0.2, 0.25) is 0 Å². The van der Waals surface area contributed by atoms with Gasteiger partial charge in [0, 0.05) is 0 Å². The third-order valence-electron chi connectivity index (χ3n) is 3.28. The van der Waals surface area contributed by atoms with E-state index in [0.29, 0.717) is 16.7 Å². The Morgan fingerprint density at radius 2 is 1.91 bits per heavy atom. The van der Waals surface area contributed by atoms with Crippen LogP contribution in [0, 0.1) is 18.3 Å². The largest absolute Gasteiger partial charge is 0.394 e. The number of aryl methyl sites for hydroxylation is 1. The van der Waals surface area contributed by atoms with Crippen LogP contribution in [0.5, 0.6) is 0 Å². The molecule has 0 aliphatic heterocycles. The van der Waals surface area contributed by atoms with Crippen molar-refractivity contribution >= 4 is 10.0 Å². The summed E-state index contributed by atoms with van der Waals surface area (Å²) < 4.78 is 27.5. The summed E-state index contributed by atoms with van der Waals surface area (Å²) in [6.07, 6.45) is 0. The van der Waals surface area contributed by atoms with E-state index in [1.165, 1.54) is 18.2 Å². The van der Waals surface area contributed by atoms with Gasteiger partial charge in [0.15, 0.2) is 0 Å². The fourth-order valence-corrected chi connectivity index (χ4v) is 3.61. The maximum atomic E-state index is 12.5. The van der Waals surface area contributed by atoms with Gasteiger partial charge in [0.05, 0.1) is 29.2 Å². The predicted molar refractivity (Wildman–Crippen MR) is 82.5 cm³/mol. The van der Waals surface area contributed by atoms with Gasteiger partial charge in [0.1, 0.15) is 0 Å². The van der Waals surface area contributed by atoms with Gasteiger partial charge in [-0.2, -0.15) is 5.26 Å². The average Bonchev–Trinajstić information content (AvgIpc) is 2.53. The molecule has 0 spiro atoms. The number of aliphatic hydroxyl groups is 1. The molecule has 22 heavy (non-hydrogen) atoms. The highest BCUT2D eigenvalue weighted by Gasteiger charge is 2.22. The second-order valence-corrected chi connectivity index (χ2v) is 6.54. The quantitative estimate of drug-likeness (QED) is 0.881. The molecule has 6 heteroatoms. The van der Waals surface area contributed by atoms with Crippen molar-refractivity contribution in [1.29, 1.82) is 5.26 Å². The molecule has 0 radical (unpaired) electrons. The van der Waals surface area contributed by atoms with Crippen LogP contribution in [0.15, 0.2) is 53.4 Å². The van der Waals surface area contributed by atoms with Crippen molar-refractivity contribution in [1.82, 2.24) is 4.72 Å². The monoisotopic (exact) mass is 316 g/mol. The molecule has 2 rings (SSSR count). The van der Waals surface area contributed by atoms with Gasteiger partial charge in [-0.25, -0.2) is 13.1 Å². The first-order chi connectivity index (χ1) is 10.5. The molecule has 2 aromatic rings. The Bertz CT molecular complexity index is 796. The van der Waals surface area contributed by atoms with Crippen LogP contribution in [-0.4, -0.2) is 20.1 Å². The van der Waals surface area contributed by atoms with Gasteiger partial charge in [0.2, 0.25) is 10.0 Å². The fourth-order valence-electron chi connectivity index (χ4n) is 2.17. The van der Waals surface area contributed by atoms with E-state index < -0.39 is 16.1 Å². The van der Waals surface area contributed by atoms with Crippen molar-refractivity contribution in [2.24, 2.45) is 0 Å². The summed E-state index contributed by atoms with van der Waals surface area (Å²) in [5.41, 5.74) is 1.56. The summed E-state index contributed by atoms with van der Waals surface area (Å²) in [4.78, 5) is 0.0980. The Labute approximate surface area is 129 Å². The number of nitrogens with one attached hydrogen (secondary N) is 1. The molecular weight excluding hydrogens is 300 g/mol. The number of aliphatic hydroxyl groups excluding tert-OH is 1. The zero-order chi connectivity index (χ0) is 16.2. The fraction of sp³-hybridized carbons (Fsp3) is 0.188. The number of hydrogen-bond acceptors (Lipinski definition) is 4. The van der Waals surface area contributed by atoms with Crippen molar-refractivity contribution in [3.63, 3.8) is 0 Å². The first-order valence-corrected chi connectivity index (χ1v) is 8.15. The third kappa shape index (κ3) is 3.52. The van der Waals surface area contributed by atoms with Gasteiger partial charge >= 0.3 is 0 Å². The van der Waals surface area contributed by atoms with Gasteiger partial charge in [-0.15, -0.1) is 0 Å². The van der Waals surface area contributed by atoms with E-state index in [-0.39, 0.29) is 11.5 Å². The molecule has 2 aromatic carbocycles. The van der Waals surface area contributed by atoms with E-state index in [0.717, 1.165) is 0 Å². The minimum Gasteiger partial charge on any atom is -0.394 e. The first-order valence-electron chi connectivity index (χ1n) is 6.67. The molecule has 0 amide bonds. The van der Waals surface area contributed by atoms with Gasteiger partial charge in [0.25, 0.3) is 0 Å². The van der Waals surface area contributed by atoms with Crippen molar-refractivity contribution in [2.45, 2.75) is 17.9 Å². The number of benzene rings is 2. The topological polar surface area (TPSA) is 90.2 Å². The van der Waals surface area contributed by atoms with Gasteiger partial charge in [-0.05, 0) is 36.2 Å². The van der Waals surface area contributed by atoms with Crippen molar-refractivity contribution in [2.75, 3.05) is 6.61 Å². The lowest BCUT2D eigenvalue weighted by molar-refractivity contribution is 0.259. The van der Waals surface area contributed by atoms with Gasteiger partial charge in [-0.1, -0.05) is 30.3 Å². The molecule has 0 fully saturated rings. The SMILES string of the molecule is Cc1cc(C#N)ccc1S(=O)(=O)NC(CO)c1ccccc1. The molecule has 1 unspecified atom stereocenters. The number of nitriles is 1. The molecule has 0 saturated heterocycles. The second-order valence-electron chi connectivity index (χ2n) is 4.86. The van der Waals surface area contributed by atoms with Crippen molar-refractivity contribution in [3.8, 4) is 6.07 Å². The lowest BCUT2D eigenvalue weighted by Crippen LogP contribution is -2.31. The summed E-state index contributed by atoms with van der Waals surface area (Å²) in [6.45, 7) is 1.28. The highest BCUT2D eigenvalue weighted by Crippen LogP contribution is 2.20. The molecule has 114 valence electrons. The van der Waals surface area contributed by atoms with E-state index in [2.05, 4.69) is 4.72 Å². The Hall–Kier alpha value is -2.20. The molecule has 5 nitrogen and oxygen atoms in total. The molecule has 2 N–H and O–H groups in total. The maximum Gasteiger partial charge on any atom is 0.241 e. The predicted octanol–water partition coefficient (Wildman–Crippen LogP) is 1.88. The number of hydrogen-bond donors (Lipinski definition) is 2. The molecular formula is C16H16N2O3S. The summed E-state index contributed by atoms with van der Waals surface area (Å²) in [5, 5.41) is 18.3. The molecule has 0 heterocycles. The van der Waals surface area contributed by atoms with Crippen LogP contribution in [0.1, 0.15) is 22.7 Å². The Morgan fingerprint density at radius 3 is 2.45 bits per heavy atom. The highest BCUT2D eigenvalue weighted by molar-refractivity contribution is 7.89. The van der Waals surface area contributed by atoms with E-state index >= 15 is 0 Å². The average molecular weight is 316 g/mol. The van der Waals surface area contributed by atoms with E-state index in [1.54, 1.807) is 31.2 Å². The van der Waals surface area contributed by atoms with E-state index in [4.69, 9.17) is 5.26 Å². The Morgan fingerprint density at radius 1 is 1.23 bits per heavy atom. The lowest BCUT2D eigenvalue weighted by atomic mass is 10.1. The van der Waals surface area contributed by atoms with Crippen molar-refractivity contribution < 1.29 is 13.5 Å². The standard InChI is InChI=1S/C16H16N2O3S/c1-12-9-13(10-17)7-8-16(12)22(20,21)18-15(11-19)14-5-3-2-4-6-14/h2-9,15,18-19H,11H2,1H3. The molecule has 0 saturated carbocycles. The smallest absolute Gasteiger partial charge is 0.241 e. The Balaban J connectivity index is 2.33. The number of nitrogens with zero attached hydrogens (tertiary/aromatic N) is 1. The van der Waals surface area contributed by atoms with Crippen LogP contribution in [0.3, 0.4) is 0 Å². The van der Waals surface area contributed by atoms with Crippen LogP contribution >= 0.6 is 0 Å². The molecule has 0 aliphatic rings. The third-order valence-corrected chi connectivity index (χ3v) is 4.91. The van der Waals surface area contributed by atoms with Crippen LogP contribution < -0.4 is 4.72 Å². The second kappa shape index (κ2) is 6.71. The molecule has 1 atom stereocenters. The minimum absolute atomic E-state index is 0.0980. The normalized spacial score (nSPS) is 12.6. The highest BCUT2D eigenvalue weighted by atomic mass is 32.2. The van der Waals surface area contributed by atoms with E-state index in [1.807, 2.05) is 12.1 Å². The van der Waals surface area contributed by atoms with Gasteiger partial charge < -0.3 is 5.11 Å². The summed E-state index contributed by atoms with van der Waals surface area (Å²) in [7, 11) is -3.79. The zero-order valence-electron chi connectivity index (χ0n) is 12.0. The molecule has 0 bridgehead atoms. The minimum atomic E-state index is -3.79. The Kier molecular flexibility index (Phi) is 4.93. The zero-order valence-corrected chi connectivity index (χ0v) is 12.8. The van der Waals surface area contributed by atoms with E-state index in [9.17, 15) is 13.5 Å². The van der Waals surface area contributed by atoms with Crippen molar-refractivity contribution in [3.05, 3.63) is 65.2 Å². The number of sulfonamides is 1. The molecule has 0 aliphatic carbocycles. The van der Waals surface area contributed by atoms with Crippen LogP contribution in [-0.2, 0) is 10.0 Å². The summed E-state index contributed by atoms with van der Waals surface area (Å²) in [6, 6.07) is 14.5. The number of rotatable bonds is 5. The van der Waals surface area contributed by atoms with Crippen LogP contribution in [0.25, 0.3) is 0 Å².